The van der Waals surface area contributed by atoms with Gasteiger partial charge in [-0.2, -0.15) is 0 Å². The van der Waals surface area contributed by atoms with Crippen LogP contribution in [0.25, 0.3) is 22.0 Å². The van der Waals surface area contributed by atoms with Gasteiger partial charge in [-0.3, -0.25) is 0 Å². The van der Waals surface area contributed by atoms with Crippen LogP contribution in [0.4, 0.5) is 0 Å². The summed E-state index contributed by atoms with van der Waals surface area (Å²) < 4.78 is 0. The number of fused-ring (bicyclic) bond motifs is 1. The molecule has 0 spiro atoms. The Hall–Kier alpha value is -3.21. The van der Waals surface area contributed by atoms with Crippen LogP contribution in [0.3, 0.4) is 0 Å². The average molecular weight is 293 g/mol. The molecule has 5 heteroatoms. The third-order valence-corrected chi connectivity index (χ3v) is 3.37. The summed E-state index contributed by atoms with van der Waals surface area (Å²) in [6, 6.07) is 15.1. The minimum Gasteiger partial charge on any atom is -0.478 e. The van der Waals surface area contributed by atoms with E-state index in [9.17, 15) is 19.8 Å². The predicted octanol–water partition coefficient (Wildman–Crippen LogP) is 3.30. The van der Waals surface area contributed by atoms with Crippen LogP contribution in [0, 0.1) is 0 Å². The molecule has 108 valence electrons. The van der Waals surface area contributed by atoms with Crippen LogP contribution in [0.5, 0.6) is 0 Å². The number of rotatable bonds is 3. The molecule has 22 heavy (non-hydrogen) atoms. The zero-order valence-electron chi connectivity index (χ0n) is 11.4. The highest BCUT2D eigenvalue weighted by molar-refractivity contribution is 6.03. The zero-order chi connectivity index (χ0) is 15.7. The van der Waals surface area contributed by atoms with Gasteiger partial charge in [0, 0.05) is 10.9 Å². The molecule has 3 aromatic rings. The summed E-state index contributed by atoms with van der Waals surface area (Å²) >= 11 is 0. The van der Waals surface area contributed by atoms with Gasteiger partial charge in [0.2, 0.25) is 0 Å². The molecule has 1 aromatic heterocycles. The smallest absolute Gasteiger partial charge is 0.355 e. The number of nitrogens with zero attached hydrogens (tertiary/aromatic N) is 1. The lowest BCUT2D eigenvalue weighted by atomic mass is 9.97. The van der Waals surface area contributed by atoms with Crippen LogP contribution in [-0.2, 0) is 0 Å². The molecule has 5 nitrogen and oxygen atoms in total. The van der Waals surface area contributed by atoms with Crippen molar-refractivity contribution in [2.45, 2.75) is 0 Å². The summed E-state index contributed by atoms with van der Waals surface area (Å²) in [5, 5.41) is 19.5. The number of aromatic carboxylic acids is 2. The Balaban J connectivity index is 2.37. The van der Waals surface area contributed by atoms with Crippen molar-refractivity contribution in [3.05, 3.63) is 65.9 Å². The third-order valence-electron chi connectivity index (χ3n) is 3.37. The van der Waals surface area contributed by atoms with E-state index in [1.54, 1.807) is 42.5 Å². The lowest BCUT2D eigenvalue weighted by Crippen LogP contribution is -2.06. The lowest BCUT2D eigenvalue weighted by molar-refractivity contribution is 0.0681. The molecule has 0 atom stereocenters. The maximum absolute atomic E-state index is 11.5. The summed E-state index contributed by atoms with van der Waals surface area (Å²) in [6.45, 7) is 0. The van der Waals surface area contributed by atoms with Crippen LogP contribution in [0.15, 0.2) is 54.6 Å². The number of carboxylic acids is 2. The Kier molecular flexibility index (Phi) is 3.31. The van der Waals surface area contributed by atoms with Gasteiger partial charge in [0.05, 0.1) is 11.1 Å². The van der Waals surface area contributed by atoms with Gasteiger partial charge in [0.1, 0.15) is 0 Å². The van der Waals surface area contributed by atoms with Crippen molar-refractivity contribution in [3.63, 3.8) is 0 Å². The largest absolute Gasteiger partial charge is 0.478 e. The van der Waals surface area contributed by atoms with Crippen LogP contribution in [-0.4, -0.2) is 27.1 Å². The molecule has 0 saturated carbocycles. The van der Waals surface area contributed by atoms with E-state index < -0.39 is 11.9 Å². The molecule has 0 radical (unpaired) electrons. The summed E-state index contributed by atoms with van der Waals surface area (Å²) in [6.07, 6.45) is 0. The number of hydrogen-bond donors (Lipinski definition) is 2. The molecule has 0 fully saturated rings. The number of pyridine rings is 1. The van der Waals surface area contributed by atoms with E-state index >= 15 is 0 Å². The molecule has 0 aliphatic carbocycles. The molecule has 0 bridgehead atoms. The van der Waals surface area contributed by atoms with E-state index in [1.165, 1.54) is 6.07 Å². The second kappa shape index (κ2) is 5.29. The Labute approximate surface area is 125 Å². The lowest BCUT2D eigenvalue weighted by Gasteiger charge is -2.10. The van der Waals surface area contributed by atoms with Gasteiger partial charge in [-0.15, -0.1) is 0 Å². The first kappa shape index (κ1) is 13.8. The molecule has 1 heterocycles. The van der Waals surface area contributed by atoms with E-state index in [0.717, 1.165) is 5.39 Å². The van der Waals surface area contributed by atoms with Crippen molar-refractivity contribution in [2.75, 3.05) is 0 Å². The van der Waals surface area contributed by atoms with Gasteiger partial charge in [-0.25, -0.2) is 14.6 Å². The maximum atomic E-state index is 11.5. The SMILES string of the molecule is O=C(O)c1ccccc1-c1cc2ccccc2nc1C(=O)O. The highest BCUT2D eigenvalue weighted by Crippen LogP contribution is 2.29. The molecule has 0 saturated heterocycles. The number of para-hydroxylation sites is 1. The van der Waals surface area contributed by atoms with Crippen molar-refractivity contribution >= 4 is 22.8 Å². The van der Waals surface area contributed by atoms with Gasteiger partial charge in [0.25, 0.3) is 0 Å². The topological polar surface area (TPSA) is 87.5 Å². The predicted molar refractivity (Wildman–Crippen MR) is 81.1 cm³/mol. The minimum absolute atomic E-state index is 0.0436. The van der Waals surface area contributed by atoms with Crippen LogP contribution >= 0.6 is 0 Å². The molecule has 0 aliphatic rings. The Bertz CT molecular complexity index is 902. The first-order chi connectivity index (χ1) is 10.6. The number of hydrogen-bond acceptors (Lipinski definition) is 3. The van der Waals surface area contributed by atoms with Crippen molar-refractivity contribution in [1.29, 1.82) is 0 Å². The Morgan fingerprint density at radius 2 is 1.50 bits per heavy atom. The fourth-order valence-electron chi connectivity index (χ4n) is 2.39. The second-order valence-electron chi connectivity index (χ2n) is 4.73. The number of carbonyl (C=O) groups is 2. The van der Waals surface area contributed by atoms with E-state index in [0.29, 0.717) is 16.6 Å². The van der Waals surface area contributed by atoms with Gasteiger partial charge in [-0.1, -0.05) is 36.4 Å². The van der Waals surface area contributed by atoms with Gasteiger partial charge in [-0.05, 0) is 23.8 Å². The van der Waals surface area contributed by atoms with Gasteiger partial charge >= 0.3 is 11.9 Å². The number of aromatic nitrogens is 1. The first-order valence-corrected chi connectivity index (χ1v) is 6.53. The molecular weight excluding hydrogens is 282 g/mol. The van der Waals surface area contributed by atoms with E-state index in [4.69, 9.17) is 0 Å². The highest BCUT2D eigenvalue weighted by atomic mass is 16.4. The average Bonchev–Trinajstić information content (AvgIpc) is 2.53. The summed E-state index contributed by atoms with van der Waals surface area (Å²) in [4.78, 5) is 27.0. The highest BCUT2D eigenvalue weighted by Gasteiger charge is 2.19. The molecule has 0 unspecified atom stereocenters. The molecule has 3 rings (SSSR count). The fraction of sp³-hybridized carbons (Fsp3) is 0. The van der Waals surface area contributed by atoms with E-state index in [2.05, 4.69) is 4.98 Å². The standard InChI is InChI=1S/C17H11NO4/c19-16(20)12-7-3-2-6-11(12)13-9-10-5-1-4-8-14(10)18-15(13)17(21)22/h1-9H,(H,19,20)(H,21,22). The molecule has 0 aliphatic heterocycles. The second-order valence-corrected chi connectivity index (χ2v) is 4.73. The fourth-order valence-corrected chi connectivity index (χ4v) is 2.39. The van der Waals surface area contributed by atoms with Crippen LogP contribution in [0.1, 0.15) is 20.8 Å². The van der Waals surface area contributed by atoms with Gasteiger partial charge < -0.3 is 10.2 Å². The quantitative estimate of drug-likeness (QED) is 0.773. The van der Waals surface area contributed by atoms with Crippen LogP contribution in [0.2, 0.25) is 0 Å². The Morgan fingerprint density at radius 3 is 2.23 bits per heavy atom. The maximum Gasteiger partial charge on any atom is 0.355 e. The molecule has 2 N–H and O–H groups in total. The van der Waals surface area contributed by atoms with Crippen molar-refractivity contribution in [2.24, 2.45) is 0 Å². The van der Waals surface area contributed by atoms with Crippen LogP contribution < -0.4 is 0 Å². The zero-order valence-corrected chi connectivity index (χ0v) is 11.4. The normalized spacial score (nSPS) is 10.5. The van der Waals surface area contributed by atoms with Crippen molar-refractivity contribution in [3.8, 4) is 11.1 Å². The first-order valence-electron chi connectivity index (χ1n) is 6.53. The van der Waals surface area contributed by atoms with Gasteiger partial charge in [0.15, 0.2) is 5.69 Å². The van der Waals surface area contributed by atoms with Crippen molar-refractivity contribution in [1.82, 2.24) is 4.98 Å². The third kappa shape index (κ3) is 2.29. The van der Waals surface area contributed by atoms with E-state index in [-0.39, 0.29) is 11.3 Å². The molecule has 0 amide bonds. The molecular formula is C17H11NO4. The summed E-state index contributed by atoms with van der Waals surface area (Å²) in [5.74, 6) is -2.30. The minimum atomic E-state index is -1.19. The number of carboxylic acid groups (broad SMARTS) is 2. The van der Waals surface area contributed by atoms with E-state index in [1.807, 2.05) is 6.07 Å². The summed E-state index contributed by atoms with van der Waals surface area (Å²) in [5.41, 5.74) is 1.07. The number of benzene rings is 2. The molecule has 2 aromatic carbocycles. The monoisotopic (exact) mass is 293 g/mol. The summed E-state index contributed by atoms with van der Waals surface area (Å²) in [7, 11) is 0. The van der Waals surface area contributed by atoms with Crippen molar-refractivity contribution < 1.29 is 19.8 Å². The Morgan fingerprint density at radius 1 is 0.818 bits per heavy atom.